The molecule has 1 saturated heterocycles. The molecule has 1 N–H and O–H groups in total. The number of para-hydroxylation sites is 1. The first kappa shape index (κ1) is 20.9. The smallest absolute Gasteiger partial charge is 0.245 e. The molecule has 3 rings (SSSR count). The van der Waals surface area contributed by atoms with E-state index in [0.717, 1.165) is 17.7 Å². The van der Waals surface area contributed by atoms with Crippen molar-refractivity contribution in [3.8, 4) is 5.75 Å². The first-order chi connectivity index (χ1) is 11.9. The molecule has 1 unspecified atom stereocenters. The van der Waals surface area contributed by atoms with E-state index in [1.54, 1.807) is 13.2 Å². The number of nitrogens with zero attached hydrogens (tertiary/aromatic N) is 1. The SMILES string of the molecule is COc1ccccc1C1CNCCN1S(=O)(=O)c1ccc(F)cc1Cl.Cl. The summed E-state index contributed by atoms with van der Waals surface area (Å²) in [6.45, 7) is 1.24. The maximum absolute atomic E-state index is 13.3. The summed E-state index contributed by atoms with van der Waals surface area (Å²) in [5, 5.41) is 3.08. The van der Waals surface area contributed by atoms with Crippen LogP contribution in [-0.2, 0) is 10.0 Å². The van der Waals surface area contributed by atoms with Crippen LogP contribution in [0.2, 0.25) is 5.02 Å². The minimum Gasteiger partial charge on any atom is -0.496 e. The molecule has 2 aromatic carbocycles. The lowest BCUT2D eigenvalue weighted by atomic mass is 10.0. The predicted molar refractivity (Wildman–Crippen MR) is 101 cm³/mol. The predicted octanol–water partition coefficient (Wildman–Crippen LogP) is 3.24. The summed E-state index contributed by atoms with van der Waals surface area (Å²) in [6, 6.07) is 10.2. The zero-order valence-corrected chi connectivity index (χ0v) is 16.4. The van der Waals surface area contributed by atoms with Crippen LogP contribution in [0, 0.1) is 5.82 Å². The first-order valence-electron chi connectivity index (χ1n) is 7.75. The number of piperazine rings is 1. The van der Waals surface area contributed by atoms with Crippen molar-refractivity contribution in [1.82, 2.24) is 9.62 Å². The number of benzene rings is 2. The maximum Gasteiger partial charge on any atom is 0.245 e. The molecule has 142 valence electrons. The molecule has 0 radical (unpaired) electrons. The highest BCUT2D eigenvalue weighted by Gasteiger charge is 2.36. The monoisotopic (exact) mass is 420 g/mol. The number of ether oxygens (including phenoxy) is 1. The van der Waals surface area contributed by atoms with Crippen LogP contribution in [0.4, 0.5) is 4.39 Å². The molecule has 0 saturated carbocycles. The molecule has 0 aromatic heterocycles. The fourth-order valence-electron chi connectivity index (χ4n) is 2.99. The van der Waals surface area contributed by atoms with Crippen molar-refractivity contribution in [2.75, 3.05) is 26.7 Å². The number of halogens is 3. The lowest BCUT2D eigenvalue weighted by molar-refractivity contribution is 0.264. The van der Waals surface area contributed by atoms with E-state index in [2.05, 4.69) is 5.32 Å². The fourth-order valence-corrected chi connectivity index (χ4v) is 5.10. The van der Waals surface area contributed by atoms with Crippen molar-refractivity contribution in [3.05, 3.63) is 58.9 Å². The van der Waals surface area contributed by atoms with Crippen LogP contribution >= 0.6 is 24.0 Å². The Bertz CT molecular complexity index is 880. The van der Waals surface area contributed by atoms with Gasteiger partial charge in [-0.1, -0.05) is 29.8 Å². The number of hydrogen-bond acceptors (Lipinski definition) is 4. The zero-order valence-electron chi connectivity index (χ0n) is 14.0. The standard InChI is InChI=1S/C17H18ClFN2O3S.ClH/c1-24-16-5-3-2-4-13(16)15-11-20-8-9-21(15)25(22,23)17-7-6-12(19)10-14(17)18;/h2-7,10,15,20H,8-9,11H2,1H3;1H. The third-order valence-corrected chi connectivity index (χ3v) is 6.56. The summed E-state index contributed by atoms with van der Waals surface area (Å²) in [5.74, 6) is 0.0344. The average molecular weight is 421 g/mol. The number of hydrogen-bond donors (Lipinski definition) is 1. The highest BCUT2D eigenvalue weighted by Crippen LogP contribution is 2.35. The van der Waals surface area contributed by atoms with Gasteiger partial charge in [0.15, 0.2) is 0 Å². The molecule has 0 spiro atoms. The molecule has 2 aromatic rings. The molecule has 1 atom stereocenters. The van der Waals surface area contributed by atoms with Crippen molar-refractivity contribution in [2.45, 2.75) is 10.9 Å². The second kappa shape index (κ2) is 8.54. The normalized spacial score (nSPS) is 18.2. The number of rotatable bonds is 4. The van der Waals surface area contributed by atoms with Gasteiger partial charge in [-0.2, -0.15) is 4.31 Å². The third-order valence-electron chi connectivity index (χ3n) is 4.17. The van der Waals surface area contributed by atoms with Gasteiger partial charge in [-0.15, -0.1) is 12.4 Å². The molecular formula is C17H19Cl2FN2O3S. The summed E-state index contributed by atoms with van der Waals surface area (Å²) < 4.78 is 46.4. The number of nitrogens with one attached hydrogen (secondary N) is 1. The molecule has 1 fully saturated rings. The van der Waals surface area contributed by atoms with E-state index in [-0.39, 0.29) is 28.9 Å². The Morgan fingerprint density at radius 1 is 1.27 bits per heavy atom. The van der Waals surface area contributed by atoms with E-state index in [9.17, 15) is 12.8 Å². The van der Waals surface area contributed by atoms with E-state index >= 15 is 0 Å². The van der Waals surface area contributed by atoms with Crippen LogP contribution in [0.3, 0.4) is 0 Å². The van der Waals surface area contributed by atoms with Crippen molar-refractivity contribution in [3.63, 3.8) is 0 Å². The molecule has 0 aliphatic carbocycles. The molecule has 0 bridgehead atoms. The van der Waals surface area contributed by atoms with E-state index in [4.69, 9.17) is 16.3 Å². The Hall–Kier alpha value is -1.38. The van der Waals surface area contributed by atoms with Crippen molar-refractivity contribution in [1.29, 1.82) is 0 Å². The van der Waals surface area contributed by atoms with E-state index in [1.807, 2.05) is 18.2 Å². The minimum absolute atomic E-state index is 0. The molecule has 1 aliphatic heterocycles. The topological polar surface area (TPSA) is 58.6 Å². The van der Waals surface area contributed by atoms with Crippen LogP contribution in [0.15, 0.2) is 47.4 Å². The second-order valence-corrected chi connectivity index (χ2v) is 7.92. The Kier molecular flexibility index (Phi) is 6.87. The third kappa shape index (κ3) is 3.97. The highest BCUT2D eigenvalue weighted by atomic mass is 35.5. The molecule has 1 aliphatic rings. The molecule has 26 heavy (non-hydrogen) atoms. The summed E-state index contributed by atoms with van der Waals surface area (Å²) in [7, 11) is -2.35. The molecular weight excluding hydrogens is 402 g/mol. The quantitative estimate of drug-likeness (QED) is 0.824. The lowest BCUT2D eigenvalue weighted by Gasteiger charge is -2.36. The maximum atomic E-state index is 13.3. The van der Waals surface area contributed by atoms with Gasteiger partial charge in [0, 0.05) is 25.2 Å². The molecule has 9 heteroatoms. The van der Waals surface area contributed by atoms with E-state index in [1.165, 1.54) is 10.4 Å². The van der Waals surface area contributed by atoms with Gasteiger partial charge in [-0.25, -0.2) is 12.8 Å². The molecule has 0 amide bonds. The van der Waals surface area contributed by atoms with Gasteiger partial charge in [0.25, 0.3) is 0 Å². The van der Waals surface area contributed by atoms with Gasteiger partial charge in [0.2, 0.25) is 10.0 Å². The Morgan fingerprint density at radius 2 is 2.00 bits per heavy atom. The minimum atomic E-state index is -3.89. The van der Waals surface area contributed by atoms with Crippen molar-refractivity contribution in [2.24, 2.45) is 0 Å². The van der Waals surface area contributed by atoms with E-state index in [0.29, 0.717) is 18.8 Å². The van der Waals surface area contributed by atoms with Crippen molar-refractivity contribution >= 4 is 34.0 Å². The number of sulfonamides is 1. The van der Waals surface area contributed by atoms with Gasteiger partial charge in [0.05, 0.1) is 18.2 Å². The van der Waals surface area contributed by atoms with Crippen LogP contribution in [0.25, 0.3) is 0 Å². The van der Waals surface area contributed by atoms with Crippen LogP contribution < -0.4 is 10.1 Å². The van der Waals surface area contributed by atoms with E-state index < -0.39 is 21.9 Å². The fraction of sp³-hybridized carbons (Fsp3) is 0.294. The van der Waals surface area contributed by atoms with Gasteiger partial charge in [-0.3, -0.25) is 0 Å². The van der Waals surface area contributed by atoms with Crippen LogP contribution in [0.1, 0.15) is 11.6 Å². The Balaban J connectivity index is 0.00000243. The number of methoxy groups -OCH3 is 1. The summed E-state index contributed by atoms with van der Waals surface area (Å²) >= 11 is 6.00. The first-order valence-corrected chi connectivity index (χ1v) is 9.57. The Labute approximate surface area is 163 Å². The molecule has 1 heterocycles. The van der Waals surface area contributed by atoms with Crippen molar-refractivity contribution < 1.29 is 17.5 Å². The largest absolute Gasteiger partial charge is 0.496 e. The van der Waals surface area contributed by atoms with Gasteiger partial charge in [-0.05, 0) is 24.3 Å². The average Bonchev–Trinajstić information content (AvgIpc) is 2.61. The van der Waals surface area contributed by atoms with Gasteiger partial charge >= 0.3 is 0 Å². The zero-order chi connectivity index (χ0) is 18.0. The lowest BCUT2D eigenvalue weighted by Crippen LogP contribution is -2.48. The second-order valence-electron chi connectivity index (χ2n) is 5.65. The van der Waals surface area contributed by atoms with Gasteiger partial charge in [0.1, 0.15) is 16.5 Å². The van der Waals surface area contributed by atoms with Gasteiger partial charge < -0.3 is 10.1 Å². The highest BCUT2D eigenvalue weighted by molar-refractivity contribution is 7.89. The summed E-state index contributed by atoms with van der Waals surface area (Å²) in [5.41, 5.74) is 0.763. The summed E-state index contributed by atoms with van der Waals surface area (Å²) in [6.07, 6.45) is 0. The Morgan fingerprint density at radius 3 is 2.69 bits per heavy atom. The molecule has 5 nitrogen and oxygen atoms in total. The van der Waals surface area contributed by atoms with Crippen LogP contribution in [-0.4, -0.2) is 39.5 Å². The summed E-state index contributed by atoms with van der Waals surface area (Å²) in [4.78, 5) is -0.0997. The van der Waals surface area contributed by atoms with Crippen LogP contribution in [0.5, 0.6) is 5.75 Å².